The van der Waals surface area contributed by atoms with E-state index in [-0.39, 0.29) is 18.3 Å². The van der Waals surface area contributed by atoms with Crippen molar-refractivity contribution < 1.29 is 14.3 Å². The predicted octanol–water partition coefficient (Wildman–Crippen LogP) is 1.33. The van der Waals surface area contributed by atoms with E-state index in [1.165, 1.54) is 18.6 Å². The Bertz CT molecular complexity index is 446. The van der Waals surface area contributed by atoms with Gasteiger partial charge in [0.1, 0.15) is 5.82 Å². The zero-order chi connectivity index (χ0) is 15.1. The second-order valence-corrected chi connectivity index (χ2v) is 5.51. The minimum atomic E-state index is -0.247. The van der Waals surface area contributed by atoms with E-state index in [4.69, 9.17) is 5.11 Å². The van der Waals surface area contributed by atoms with Gasteiger partial charge in [0.25, 0.3) is 0 Å². The highest BCUT2D eigenvalue weighted by Crippen LogP contribution is 2.24. The minimum absolute atomic E-state index is 0.0162. The molecular weight excluding hydrogens is 271 g/mol. The molecule has 1 aliphatic rings. The summed E-state index contributed by atoms with van der Waals surface area (Å²) in [6, 6.07) is 6.76. The van der Waals surface area contributed by atoms with Crippen LogP contribution in [0.5, 0.6) is 0 Å². The van der Waals surface area contributed by atoms with Gasteiger partial charge < -0.3 is 10.4 Å². The molecule has 0 unspecified atom stereocenters. The van der Waals surface area contributed by atoms with Gasteiger partial charge in [-0.3, -0.25) is 9.69 Å². The number of benzene rings is 1. The van der Waals surface area contributed by atoms with Gasteiger partial charge in [0.05, 0.1) is 13.2 Å². The second-order valence-electron chi connectivity index (χ2n) is 5.51. The number of rotatable bonds is 8. The Morgan fingerprint density at radius 2 is 2.05 bits per heavy atom. The normalized spacial score (nSPS) is 15.0. The Kier molecular flexibility index (Phi) is 6.14. The number of carbonyl (C=O) groups excluding carboxylic acids is 1. The number of amides is 1. The molecule has 0 radical (unpaired) electrons. The largest absolute Gasteiger partial charge is 0.395 e. The zero-order valence-corrected chi connectivity index (χ0v) is 12.2. The van der Waals surface area contributed by atoms with Crippen molar-refractivity contribution in [1.29, 1.82) is 0 Å². The number of carbonyl (C=O) groups is 1. The van der Waals surface area contributed by atoms with Crippen LogP contribution in [0.2, 0.25) is 0 Å². The van der Waals surface area contributed by atoms with Crippen molar-refractivity contribution in [1.82, 2.24) is 10.2 Å². The minimum Gasteiger partial charge on any atom is -0.395 e. The summed E-state index contributed by atoms with van der Waals surface area (Å²) in [4.78, 5) is 14.0. The molecule has 1 aromatic carbocycles. The highest BCUT2D eigenvalue weighted by Gasteiger charge is 2.25. The van der Waals surface area contributed by atoms with E-state index in [1.807, 2.05) is 0 Å². The van der Waals surface area contributed by atoms with Crippen LogP contribution < -0.4 is 5.32 Å². The molecule has 1 aliphatic carbocycles. The van der Waals surface area contributed by atoms with Crippen molar-refractivity contribution in [3.05, 3.63) is 35.6 Å². The van der Waals surface area contributed by atoms with Crippen molar-refractivity contribution in [2.24, 2.45) is 0 Å². The summed E-state index contributed by atoms with van der Waals surface area (Å²) < 4.78 is 12.8. The van der Waals surface area contributed by atoms with E-state index >= 15 is 0 Å². The van der Waals surface area contributed by atoms with E-state index in [2.05, 4.69) is 10.2 Å². The van der Waals surface area contributed by atoms with Crippen molar-refractivity contribution in [2.45, 2.75) is 31.7 Å². The first-order valence-corrected chi connectivity index (χ1v) is 7.55. The van der Waals surface area contributed by atoms with Gasteiger partial charge in [-0.1, -0.05) is 18.6 Å². The summed E-state index contributed by atoms with van der Waals surface area (Å²) in [5.41, 5.74) is 1.00. The van der Waals surface area contributed by atoms with E-state index in [0.717, 1.165) is 18.4 Å². The molecular formula is C16H23FN2O2. The number of nitrogens with one attached hydrogen (secondary N) is 1. The lowest BCUT2D eigenvalue weighted by molar-refractivity contribution is -0.123. The molecule has 0 atom stereocenters. The Hall–Kier alpha value is -1.46. The fraction of sp³-hybridized carbons (Fsp3) is 0.562. The smallest absolute Gasteiger partial charge is 0.234 e. The third-order valence-electron chi connectivity index (χ3n) is 3.97. The van der Waals surface area contributed by atoms with E-state index in [9.17, 15) is 9.18 Å². The number of aliphatic hydroxyl groups excluding tert-OH is 1. The SMILES string of the molecule is O=C(CN(CCO)C1CCC1)NCCc1ccc(F)cc1. The van der Waals surface area contributed by atoms with Gasteiger partial charge in [-0.25, -0.2) is 4.39 Å². The van der Waals surface area contributed by atoms with Crippen molar-refractivity contribution in [2.75, 3.05) is 26.2 Å². The van der Waals surface area contributed by atoms with Gasteiger partial charge in [-0.05, 0) is 37.0 Å². The van der Waals surface area contributed by atoms with Gasteiger partial charge in [-0.15, -0.1) is 0 Å². The van der Waals surface area contributed by atoms with Gasteiger partial charge in [0.2, 0.25) is 5.91 Å². The molecule has 116 valence electrons. The molecule has 0 aromatic heterocycles. The van der Waals surface area contributed by atoms with Gasteiger partial charge in [0, 0.05) is 19.1 Å². The number of halogens is 1. The maximum absolute atomic E-state index is 12.8. The fourth-order valence-corrected chi connectivity index (χ4v) is 2.51. The number of hydrogen-bond acceptors (Lipinski definition) is 3. The fourth-order valence-electron chi connectivity index (χ4n) is 2.51. The second kappa shape index (κ2) is 8.10. The van der Waals surface area contributed by atoms with E-state index < -0.39 is 0 Å². The van der Waals surface area contributed by atoms with Gasteiger partial charge in [-0.2, -0.15) is 0 Å². The summed E-state index contributed by atoms with van der Waals surface area (Å²) in [7, 11) is 0. The molecule has 0 heterocycles. The van der Waals surface area contributed by atoms with E-state index in [1.54, 1.807) is 12.1 Å². The van der Waals surface area contributed by atoms with Crippen LogP contribution in [-0.4, -0.2) is 48.2 Å². The van der Waals surface area contributed by atoms with Crippen LogP contribution in [0.4, 0.5) is 4.39 Å². The van der Waals surface area contributed by atoms with Crippen LogP contribution in [0, 0.1) is 5.82 Å². The molecule has 1 fully saturated rings. The summed E-state index contributed by atoms with van der Waals surface area (Å²) in [6.45, 7) is 1.52. The molecule has 2 N–H and O–H groups in total. The van der Waals surface area contributed by atoms with Crippen LogP contribution in [0.15, 0.2) is 24.3 Å². The Labute approximate surface area is 125 Å². The highest BCUT2D eigenvalue weighted by molar-refractivity contribution is 5.78. The average molecular weight is 294 g/mol. The lowest BCUT2D eigenvalue weighted by Crippen LogP contribution is -2.47. The van der Waals surface area contributed by atoms with Crippen molar-refractivity contribution in [3.8, 4) is 0 Å². The van der Waals surface area contributed by atoms with Crippen LogP contribution >= 0.6 is 0 Å². The first kappa shape index (κ1) is 15.9. The lowest BCUT2D eigenvalue weighted by Gasteiger charge is -2.36. The molecule has 1 amide bonds. The number of hydrogen-bond donors (Lipinski definition) is 2. The quantitative estimate of drug-likeness (QED) is 0.760. The van der Waals surface area contributed by atoms with Gasteiger partial charge in [0.15, 0.2) is 0 Å². The van der Waals surface area contributed by atoms with Crippen LogP contribution in [0.3, 0.4) is 0 Å². The summed E-state index contributed by atoms with van der Waals surface area (Å²) in [6.07, 6.45) is 4.12. The monoisotopic (exact) mass is 294 g/mol. The lowest BCUT2D eigenvalue weighted by atomic mass is 9.91. The molecule has 1 saturated carbocycles. The Balaban J connectivity index is 1.69. The van der Waals surface area contributed by atoms with Crippen molar-refractivity contribution >= 4 is 5.91 Å². The molecule has 4 nitrogen and oxygen atoms in total. The molecule has 0 aliphatic heterocycles. The van der Waals surface area contributed by atoms with E-state index in [0.29, 0.717) is 32.1 Å². The number of nitrogens with zero attached hydrogens (tertiary/aromatic N) is 1. The highest BCUT2D eigenvalue weighted by atomic mass is 19.1. The van der Waals surface area contributed by atoms with Crippen LogP contribution in [0.1, 0.15) is 24.8 Å². The third kappa shape index (κ3) is 5.10. The maximum atomic E-state index is 12.8. The molecule has 21 heavy (non-hydrogen) atoms. The van der Waals surface area contributed by atoms with Gasteiger partial charge >= 0.3 is 0 Å². The molecule has 0 saturated heterocycles. The molecule has 1 aromatic rings. The number of aliphatic hydroxyl groups is 1. The summed E-state index contributed by atoms with van der Waals surface area (Å²) in [5.74, 6) is -0.264. The van der Waals surface area contributed by atoms with Crippen LogP contribution in [0.25, 0.3) is 0 Å². The van der Waals surface area contributed by atoms with Crippen molar-refractivity contribution in [3.63, 3.8) is 0 Å². The Morgan fingerprint density at radius 1 is 1.33 bits per heavy atom. The molecule has 0 bridgehead atoms. The standard InChI is InChI=1S/C16H23FN2O2/c17-14-6-4-13(5-7-14)8-9-18-16(21)12-19(10-11-20)15-2-1-3-15/h4-7,15,20H,1-3,8-12H2,(H,18,21). The molecule has 5 heteroatoms. The maximum Gasteiger partial charge on any atom is 0.234 e. The molecule has 2 rings (SSSR count). The van der Waals surface area contributed by atoms with Crippen LogP contribution in [-0.2, 0) is 11.2 Å². The topological polar surface area (TPSA) is 52.6 Å². The third-order valence-corrected chi connectivity index (χ3v) is 3.97. The average Bonchev–Trinajstić information content (AvgIpc) is 2.39. The first-order valence-electron chi connectivity index (χ1n) is 7.55. The predicted molar refractivity (Wildman–Crippen MR) is 79.4 cm³/mol. The first-order chi connectivity index (χ1) is 10.2. The Morgan fingerprint density at radius 3 is 2.62 bits per heavy atom. The zero-order valence-electron chi connectivity index (χ0n) is 12.2. The molecule has 0 spiro atoms. The summed E-state index contributed by atoms with van der Waals surface area (Å²) in [5, 5.41) is 11.9. The summed E-state index contributed by atoms with van der Waals surface area (Å²) >= 11 is 0.